The molecule has 1 aliphatic heterocycles. The maximum absolute atomic E-state index is 12.4. The summed E-state index contributed by atoms with van der Waals surface area (Å²) in [5, 5.41) is 17.6. The maximum atomic E-state index is 12.4. The molecule has 0 bridgehead atoms. The monoisotopic (exact) mass is 347 g/mol. The van der Waals surface area contributed by atoms with Crippen molar-refractivity contribution in [1.29, 1.82) is 0 Å². The Morgan fingerprint density at radius 3 is 2.83 bits per heavy atom. The number of amides is 1. The van der Waals surface area contributed by atoms with Gasteiger partial charge in [0.05, 0.1) is 5.69 Å². The standard InChI is InChI=1S/C17H21N5O.ClH/c1-12-7-8-16(22-21-12)19-14-5-2-4-13(10-14)17(23)20-15-6-3-9-18-11-15;/h2,4-5,7-8,10,15,18H,3,6,9,11H2,1H3,(H,19,22)(H,20,23);1H/t15-;/m0./s1. The highest BCUT2D eigenvalue weighted by molar-refractivity contribution is 5.95. The Kier molecular flexibility index (Phi) is 6.52. The van der Waals surface area contributed by atoms with Crippen LogP contribution in [-0.4, -0.2) is 35.2 Å². The molecule has 1 amide bonds. The van der Waals surface area contributed by atoms with Crippen molar-refractivity contribution in [1.82, 2.24) is 20.8 Å². The second-order valence-corrected chi connectivity index (χ2v) is 5.78. The van der Waals surface area contributed by atoms with Gasteiger partial charge in [-0.3, -0.25) is 4.79 Å². The number of hydrogen-bond acceptors (Lipinski definition) is 5. The number of aryl methyl sites for hydroxylation is 1. The number of carbonyl (C=O) groups is 1. The van der Waals surface area contributed by atoms with Crippen molar-refractivity contribution < 1.29 is 4.79 Å². The molecule has 2 aromatic rings. The molecule has 1 saturated heterocycles. The molecule has 0 spiro atoms. The zero-order valence-electron chi connectivity index (χ0n) is 13.6. The lowest BCUT2D eigenvalue weighted by molar-refractivity contribution is 0.0930. The minimum absolute atomic E-state index is 0. The van der Waals surface area contributed by atoms with Crippen molar-refractivity contribution in [3.63, 3.8) is 0 Å². The van der Waals surface area contributed by atoms with Gasteiger partial charge in [-0.25, -0.2) is 0 Å². The van der Waals surface area contributed by atoms with Gasteiger partial charge in [0.1, 0.15) is 0 Å². The molecular weight excluding hydrogens is 326 g/mol. The number of hydrogen-bond donors (Lipinski definition) is 3. The SMILES string of the molecule is Cc1ccc(Nc2cccc(C(=O)N[C@H]3CCCNC3)c2)nn1.Cl. The van der Waals surface area contributed by atoms with Crippen molar-refractivity contribution >= 4 is 29.8 Å². The van der Waals surface area contributed by atoms with Gasteiger partial charge in [0.25, 0.3) is 5.91 Å². The number of halogens is 1. The van der Waals surface area contributed by atoms with E-state index in [1.165, 1.54) is 0 Å². The largest absolute Gasteiger partial charge is 0.348 e. The predicted molar refractivity (Wildman–Crippen MR) is 97.1 cm³/mol. The molecule has 1 atom stereocenters. The van der Waals surface area contributed by atoms with Crippen LogP contribution in [0.2, 0.25) is 0 Å². The summed E-state index contributed by atoms with van der Waals surface area (Å²) >= 11 is 0. The van der Waals surface area contributed by atoms with E-state index in [4.69, 9.17) is 0 Å². The molecule has 2 heterocycles. The number of nitrogens with zero attached hydrogens (tertiary/aromatic N) is 2. The van der Waals surface area contributed by atoms with Crippen LogP contribution in [0.4, 0.5) is 11.5 Å². The van der Waals surface area contributed by atoms with Crippen molar-refractivity contribution in [3.8, 4) is 0 Å². The molecule has 24 heavy (non-hydrogen) atoms. The van der Waals surface area contributed by atoms with E-state index in [-0.39, 0.29) is 24.4 Å². The molecule has 128 valence electrons. The number of rotatable bonds is 4. The van der Waals surface area contributed by atoms with Gasteiger partial charge in [-0.15, -0.1) is 17.5 Å². The zero-order valence-corrected chi connectivity index (χ0v) is 14.4. The molecule has 7 heteroatoms. The summed E-state index contributed by atoms with van der Waals surface area (Å²) in [5.41, 5.74) is 2.32. The number of carbonyl (C=O) groups excluding carboxylic acids is 1. The Morgan fingerprint density at radius 1 is 1.25 bits per heavy atom. The first-order chi connectivity index (χ1) is 11.2. The van der Waals surface area contributed by atoms with E-state index in [1.807, 2.05) is 43.3 Å². The van der Waals surface area contributed by atoms with E-state index < -0.39 is 0 Å². The number of benzene rings is 1. The van der Waals surface area contributed by atoms with Crippen molar-refractivity contribution in [2.45, 2.75) is 25.8 Å². The topological polar surface area (TPSA) is 78.9 Å². The molecule has 1 aromatic heterocycles. The average molecular weight is 348 g/mol. The van der Waals surface area contributed by atoms with Crippen LogP contribution in [-0.2, 0) is 0 Å². The van der Waals surface area contributed by atoms with Crippen LogP contribution in [0.5, 0.6) is 0 Å². The van der Waals surface area contributed by atoms with Gasteiger partial charge < -0.3 is 16.0 Å². The lowest BCUT2D eigenvalue weighted by Crippen LogP contribution is -2.45. The molecule has 3 N–H and O–H groups in total. The maximum Gasteiger partial charge on any atom is 0.251 e. The fraction of sp³-hybridized carbons (Fsp3) is 0.353. The van der Waals surface area contributed by atoms with E-state index in [1.54, 1.807) is 0 Å². The third-order valence-electron chi connectivity index (χ3n) is 3.83. The van der Waals surface area contributed by atoms with E-state index >= 15 is 0 Å². The van der Waals surface area contributed by atoms with Gasteiger partial charge >= 0.3 is 0 Å². The number of piperidine rings is 1. The molecule has 0 saturated carbocycles. The van der Waals surface area contributed by atoms with Crippen LogP contribution < -0.4 is 16.0 Å². The van der Waals surface area contributed by atoms with E-state index in [0.29, 0.717) is 11.4 Å². The van der Waals surface area contributed by atoms with Crippen LogP contribution in [0.25, 0.3) is 0 Å². The first-order valence-corrected chi connectivity index (χ1v) is 7.90. The Bertz CT molecular complexity index is 671. The molecule has 6 nitrogen and oxygen atoms in total. The molecule has 1 fully saturated rings. The minimum atomic E-state index is -0.0441. The van der Waals surface area contributed by atoms with Gasteiger partial charge in [-0.1, -0.05) is 6.07 Å². The fourth-order valence-corrected chi connectivity index (χ4v) is 2.60. The van der Waals surface area contributed by atoms with Gasteiger partial charge in [0, 0.05) is 23.8 Å². The summed E-state index contributed by atoms with van der Waals surface area (Å²) in [7, 11) is 0. The summed E-state index contributed by atoms with van der Waals surface area (Å²) in [6.07, 6.45) is 2.12. The highest BCUT2D eigenvalue weighted by Crippen LogP contribution is 2.16. The first-order valence-electron chi connectivity index (χ1n) is 7.90. The van der Waals surface area contributed by atoms with Crippen LogP contribution in [0, 0.1) is 6.92 Å². The molecule has 0 unspecified atom stereocenters. The summed E-state index contributed by atoms with van der Waals surface area (Å²) in [6, 6.07) is 11.4. The zero-order chi connectivity index (χ0) is 16.1. The van der Waals surface area contributed by atoms with Crippen molar-refractivity contribution in [2.75, 3.05) is 18.4 Å². The van der Waals surface area contributed by atoms with Gasteiger partial charge in [0.2, 0.25) is 0 Å². The van der Waals surface area contributed by atoms with Gasteiger partial charge in [-0.05, 0) is 56.6 Å². The third kappa shape index (κ3) is 4.91. The van der Waals surface area contributed by atoms with Crippen LogP contribution >= 0.6 is 12.4 Å². The number of aromatic nitrogens is 2. The van der Waals surface area contributed by atoms with E-state index in [2.05, 4.69) is 26.1 Å². The van der Waals surface area contributed by atoms with Crippen molar-refractivity contribution in [2.24, 2.45) is 0 Å². The Hall–Kier alpha value is -2.18. The Morgan fingerprint density at radius 2 is 2.12 bits per heavy atom. The third-order valence-corrected chi connectivity index (χ3v) is 3.83. The van der Waals surface area contributed by atoms with Gasteiger partial charge in [-0.2, -0.15) is 5.10 Å². The molecule has 0 radical (unpaired) electrons. The Balaban J connectivity index is 0.00000208. The van der Waals surface area contributed by atoms with E-state index in [0.717, 1.165) is 37.3 Å². The summed E-state index contributed by atoms with van der Waals surface area (Å²) in [5.74, 6) is 0.613. The van der Waals surface area contributed by atoms with Crippen LogP contribution in [0.3, 0.4) is 0 Å². The Labute approximate surface area is 147 Å². The predicted octanol–water partition coefficient (Wildman–Crippen LogP) is 2.43. The first kappa shape index (κ1) is 18.2. The second kappa shape index (κ2) is 8.61. The lowest BCUT2D eigenvalue weighted by atomic mass is 10.1. The van der Waals surface area contributed by atoms with Crippen LogP contribution in [0.1, 0.15) is 28.9 Å². The van der Waals surface area contributed by atoms with Gasteiger partial charge in [0.15, 0.2) is 5.82 Å². The fourth-order valence-electron chi connectivity index (χ4n) is 2.60. The number of nitrogens with one attached hydrogen (secondary N) is 3. The molecule has 0 aliphatic carbocycles. The molecule has 1 aliphatic rings. The van der Waals surface area contributed by atoms with Crippen LogP contribution in [0.15, 0.2) is 36.4 Å². The number of anilines is 2. The summed E-state index contributed by atoms with van der Waals surface area (Å²) < 4.78 is 0. The average Bonchev–Trinajstić information content (AvgIpc) is 2.58. The second-order valence-electron chi connectivity index (χ2n) is 5.78. The quantitative estimate of drug-likeness (QED) is 0.791. The normalized spacial score (nSPS) is 16.8. The molecule has 1 aromatic carbocycles. The lowest BCUT2D eigenvalue weighted by Gasteiger charge is -2.23. The van der Waals surface area contributed by atoms with Crippen molar-refractivity contribution in [3.05, 3.63) is 47.7 Å². The summed E-state index contributed by atoms with van der Waals surface area (Å²) in [4.78, 5) is 12.4. The molecular formula is C17H22ClN5O. The highest BCUT2D eigenvalue weighted by atomic mass is 35.5. The minimum Gasteiger partial charge on any atom is -0.348 e. The smallest absolute Gasteiger partial charge is 0.251 e. The summed E-state index contributed by atoms with van der Waals surface area (Å²) in [6.45, 7) is 3.76. The molecule has 3 rings (SSSR count). The highest BCUT2D eigenvalue weighted by Gasteiger charge is 2.16. The van der Waals surface area contributed by atoms with E-state index in [9.17, 15) is 4.79 Å².